The van der Waals surface area contributed by atoms with Crippen LogP contribution in [0.5, 0.6) is 0 Å². The third kappa shape index (κ3) is 5.81. The Labute approximate surface area is 180 Å². The molecule has 1 aliphatic heterocycles. The van der Waals surface area contributed by atoms with Crippen LogP contribution < -0.4 is 11.3 Å². The number of amides is 2. The molecule has 1 aromatic rings. The first kappa shape index (κ1) is 24.3. The molecule has 1 heterocycles. The van der Waals surface area contributed by atoms with Gasteiger partial charge in [0.1, 0.15) is 0 Å². The third-order valence-corrected chi connectivity index (χ3v) is 10.9. The minimum atomic E-state index is -1.85. The van der Waals surface area contributed by atoms with Gasteiger partial charge in [0.05, 0.1) is 12.1 Å². The van der Waals surface area contributed by atoms with Gasteiger partial charge in [-0.2, -0.15) is 0 Å². The minimum absolute atomic E-state index is 0.149. The molecule has 4 N–H and O–H groups in total. The van der Waals surface area contributed by atoms with E-state index in [1.165, 1.54) is 4.90 Å². The highest BCUT2D eigenvalue weighted by Crippen LogP contribution is 2.38. The highest BCUT2D eigenvalue weighted by molar-refractivity contribution is 6.74. The van der Waals surface area contributed by atoms with Crippen molar-refractivity contribution in [2.75, 3.05) is 26.7 Å². The van der Waals surface area contributed by atoms with Gasteiger partial charge in [-0.1, -0.05) is 32.9 Å². The fourth-order valence-corrected chi connectivity index (χ4v) is 4.83. The zero-order chi connectivity index (χ0) is 22.7. The van der Waals surface area contributed by atoms with E-state index in [2.05, 4.69) is 44.2 Å². The summed E-state index contributed by atoms with van der Waals surface area (Å²) >= 11 is 0. The summed E-state index contributed by atoms with van der Waals surface area (Å²) in [5.74, 6) is 4.84. The largest absolute Gasteiger partial charge is 0.465 e. The Bertz CT molecular complexity index is 766. The molecule has 1 aromatic carbocycles. The number of benzene rings is 1. The molecule has 1 saturated heterocycles. The summed E-state index contributed by atoms with van der Waals surface area (Å²) < 4.78 is 6.55. The summed E-state index contributed by atoms with van der Waals surface area (Å²) in [6.07, 6.45) is 0.0871. The summed E-state index contributed by atoms with van der Waals surface area (Å²) in [4.78, 5) is 27.2. The predicted octanol–water partition coefficient (Wildman–Crippen LogP) is 3.04. The summed E-state index contributed by atoms with van der Waals surface area (Å²) in [5, 5.41) is 9.74. The van der Waals surface area contributed by atoms with Crippen molar-refractivity contribution >= 4 is 20.3 Å². The second-order valence-electron chi connectivity index (χ2n) is 9.56. The maximum absolute atomic E-state index is 11.9. The van der Waals surface area contributed by atoms with Gasteiger partial charge < -0.3 is 14.4 Å². The Morgan fingerprint density at radius 2 is 2.07 bits per heavy atom. The highest BCUT2D eigenvalue weighted by Gasteiger charge is 2.41. The van der Waals surface area contributed by atoms with Crippen LogP contribution in [0.15, 0.2) is 24.3 Å². The molecule has 2 rings (SSSR count). The average molecular weight is 437 g/mol. The van der Waals surface area contributed by atoms with E-state index >= 15 is 0 Å². The third-order valence-electron chi connectivity index (χ3n) is 6.36. The molecular weight excluding hydrogens is 400 g/mol. The standard InChI is InChI=1S/C21H36N4O4Si/c1-21(2,3)30(5,6)29-17-10-11-25(13-17)14-18(24(4)20(27)28)15-8-7-9-16(12-15)19(26)23-22/h7-9,12,17-18H,10-11,13-14,22H2,1-6H3,(H,23,26)(H,27,28)/t17-,18+/m0/s1. The lowest BCUT2D eigenvalue weighted by Crippen LogP contribution is -2.45. The van der Waals surface area contributed by atoms with Crippen molar-refractivity contribution in [1.82, 2.24) is 15.2 Å². The number of nitrogens with two attached hydrogens (primary N) is 1. The number of carboxylic acid groups (broad SMARTS) is 1. The Hall–Kier alpha value is -1.94. The second-order valence-corrected chi connectivity index (χ2v) is 14.3. The number of rotatable bonds is 7. The first-order valence-electron chi connectivity index (χ1n) is 10.3. The van der Waals surface area contributed by atoms with Crippen LogP contribution in [0.2, 0.25) is 18.1 Å². The normalized spacial score (nSPS) is 18.8. The monoisotopic (exact) mass is 436 g/mol. The smallest absolute Gasteiger partial charge is 0.407 e. The van der Waals surface area contributed by atoms with Crippen molar-refractivity contribution in [3.8, 4) is 0 Å². The predicted molar refractivity (Wildman–Crippen MR) is 120 cm³/mol. The van der Waals surface area contributed by atoms with E-state index in [0.717, 1.165) is 25.1 Å². The number of likely N-dealkylation sites (tertiary alicyclic amines) is 1. The zero-order valence-corrected chi connectivity index (χ0v) is 19.9. The highest BCUT2D eigenvalue weighted by atomic mass is 28.4. The van der Waals surface area contributed by atoms with Crippen LogP contribution in [0.25, 0.3) is 0 Å². The molecule has 0 spiro atoms. The summed E-state index contributed by atoms with van der Waals surface area (Å²) in [6, 6.07) is 6.54. The van der Waals surface area contributed by atoms with Gasteiger partial charge in [0, 0.05) is 32.2 Å². The number of nitrogens with zero attached hydrogens (tertiary/aromatic N) is 2. The van der Waals surface area contributed by atoms with Crippen LogP contribution >= 0.6 is 0 Å². The molecule has 0 saturated carbocycles. The van der Waals surface area contributed by atoms with E-state index < -0.39 is 26.4 Å². The Morgan fingerprint density at radius 1 is 1.40 bits per heavy atom. The van der Waals surface area contributed by atoms with Crippen LogP contribution in [0.4, 0.5) is 4.79 Å². The molecule has 1 fully saturated rings. The fraction of sp³-hybridized carbons (Fsp3) is 0.619. The first-order chi connectivity index (χ1) is 13.9. The van der Waals surface area contributed by atoms with E-state index in [4.69, 9.17) is 10.3 Å². The first-order valence-corrected chi connectivity index (χ1v) is 13.2. The molecule has 0 bridgehead atoms. The molecule has 0 unspecified atom stereocenters. The molecule has 1 aliphatic rings. The summed E-state index contributed by atoms with van der Waals surface area (Å²) in [7, 11) is -0.297. The van der Waals surface area contributed by atoms with Gasteiger partial charge in [-0.25, -0.2) is 10.6 Å². The summed E-state index contributed by atoms with van der Waals surface area (Å²) in [6.45, 7) is 13.4. The van der Waals surface area contributed by atoms with Crippen molar-refractivity contribution < 1.29 is 19.1 Å². The van der Waals surface area contributed by atoms with Crippen LogP contribution in [0.1, 0.15) is 49.2 Å². The molecule has 0 aliphatic carbocycles. The van der Waals surface area contributed by atoms with Gasteiger partial charge in [0.25, 0.3) is 5.91 Å². The van der Waals surface area contributed by atoms with E-state index in [1.54, 1.807) is 25.2 Å². The van der Waals surface area contributed by atoms with Crippen LogP contribution in [0.3, 0.4) is 0 Å². The summed E-state index contributed by atoms with van der Waals surface area (Å²) in [5.41, 5.74) is 3.28. The number of hydrogen-bond acceptors (Lipinski definition) is 5. The maximum atomic E-state index is 11.9. The van der Waals surface area contributed by atoms with E-state index in [-0.39, 0.29) is 11.1 Å². The molecule has 8 nitrogen and oxygen atoms in total. The molecule has 2 atom stereocenters. The Balaban J connectivity index is 2.15. The van der Waals surface area contributed by atoms with Gasteiger partial charge in [-0.3, -0.25) is 15.1 Å². The lowest BCUT2D eigenvalue weighted by molar-refractivity contribution is 0.0953. The molecular formula is C21H36N4O4Si. The fourth-order valence-electron chi connectivity index (χ4n) is 3.45. The Kier molecular flexibility index (Phi) is 7.67. The number of nitrogens with one attached hydrogen (secondary N) is 1. The molecule has 30 heavy (non-hydrogen) atoms. The van der Waals surface area contributed by atoms with Gasteiger partial charge in [-0.05, 0) is 42.2 Å². The van der Waals surface area contributed by atoms with Gasteiger partial charge >= 0.3 is 6.09 Å². The molecule has 0 radical (unpaired) electrons. The number of hydrazine groups is 1. The maximum Gasteiger partial charge on any atom is 0.407 e. The van der Waals surface area contributed by atoms with Crippen molar-refractivity contribution in [3.63, 3.8) is 0 Å². The van der Waals surface area contributed by atoms with Crippen molar-refractivity contribution in [3.05, 3.63) is 35.4 Å². The van der Waals surface area contributed by atoms with Gasteiger partial charge in [0.15, 0.2) is 8.32 Å². The van der Waals surface area contributed by atoms with E-state index in [0.29, 0.717) is 12.1 Å². The lowest BCUT2D eigenvalue weighted by Gasteiger charge is -2.38. The SMILES string of the molecule is CN(C(=O)O)[C@H](CN1CC[C@H](O[Si](C)(C)C(C)(C)C)C1)c1cccc(C(=O)NN)c1. The lowest BCUT2D eigenvalue weighted by atomic mass is 10.0. The zero-order valence-electron chi connectivity index (χ0n) is 18.9. The molecule has 0 aromatic heterocycles. The molecule has 168 valence electrons. The Morgan fingerprint density at radius 3 is 2.63 bits per heavy atom. The number of nitrogen functional groups attached to an aromatic ring is 1. The number of likely N-dealkylation sites (N-methyl/N-ethyl adjacent to an activating group) is 1. The average Bonchev–Trinajstić information content (AvgIpc) is 3.10. The van der Waals surface area contributed by atoms with Crippen molar-refractivity contribution in [2.24, 2.45) is 5.84 Å². The topological polar surface area (TPSA) is 108 Å². The van der Waals surface area contributed by atoms with Gasteiger partial charge in [0.2, 0.25) is 0 Å². The van der Waals surface area contributed by atoms with Crippen LogP contribution in [0, 0.1) is 0 Å². The van der Waals surface area contributed by atoms with Crippen LogP contribution in [-0.2, 0) is 4.43 Å². The van der Waals surface area contributed by atoms with E-state index in [1.807, 2.05) is 6.07 Å². The number of carbonyl (C=O) groups is 2. The van der Waals surface area contributed by atoms with Crippen molar-refractivity contribution in [1.29, 1.82) is 0 Å². The molecule has 9 heteroatoms. The van der Waals surface area contributed by atoms with Gasteiger partial charge in [-0.15, -0.1) is 0 Å². The quantitative estimate of drug-likeness (QED) is 0.262. The number of hydrogen-bond donors (Lipinski definition) is 3. The van der Waals surface area contributed by atoms with Crippen molar-refractivity contribution in [2.45, 2.75) is 57.5 Å². The molecule has 2 amide bonds. The van der Waals surface area contributed by atoms with E-state index in [9.17, 15) is 14.7 Å². The number of carbonyl (C=O) groups excluding carboxylic acids is 1. The van der Waals surface area contributed by atoms with Crippen LogP contribution in [-0.4, -0.2) is 68.0 Å². The second kappa shape index (κ2) is 9.46. The minimum Gasteiger partial charge on any atom is -0.465 e.